The molecular formula is C8H10N2O3S. The summed E-state index contributed by atoms with van der Waals surface area (Å²) in [5.74, 6) is -1.43. The average molecular weight is 214 g/mol. The van der Waals surface area contributed by atoms with E-state index in [1.54, 1.807) is 0 Å². The maximum absolute atomic E-state index is 11.3. The normalized spacial score (nSPS) is 9.79. The molecule has 0 aliphatic heterocycles. The van der Waals surface area contributed by atoms with Gasteiger partial charge in [-0.15, -0.1) is 11.3 Å². The highest BCUT2D eigenvalue weighted by Gasteiger charge is 2.13. The van der Waals surface area contributed by atoms with E-state index < -0.39 is 5.97 Å². The van der Waals surface area contributed by atoms with Crippen LogP contribution in [-0.4, -0.2) is 28.5 Å². The van der Waals surface area contributed by atoms with Crippen molar-refractivity contribution in [3.8, 4) is 0 Å². The van der Waals surface area contributed by atoms with Crippen molar-refractivity contribution in [2.24, 2.45) is 0 Å². The van der Waals surface area contributed by atoms with Gasteiger partial charge in [0.2, 0.25) is 0 Å². The van der Waals surface area contributed by atoms with Gasteiger partial charge in [0, 0.05) is 11.9 Å². The quantitative estimate of drug-likeness (QED) is 0.783. The maximum Gasteiger partial charge on any atom is 0.355 e. The highest BCUT2D eigenvalue weighted by molar-refractivity contribution is 7.11. The summed E-state index contributed by atoms with van der Waals surface area (Å²) >= 11 is 1.03. The molecule has 1 aromatic rings. The van der Waals surface area contributed by atoms with Crippen molar-refractivity contribution in [3.63, 3.8) is 0 Å². The number of aromatic nitrogens is 1. The molecule has 1 aromatic heterocycles. The number of rotatable bonds is 4. The topological polar surface area (TPSA) is 79.3 Å². The van der Waals surface area contributed by atoms with Crippen molar-refractivity contribution in [2.75, 3.05) is 6.54 Å². The summed E-state index contributed by atoms with van der Waals surface area (Å²) in [5, 5.41) is 12.7. The van der Waals surface area contributed by atoms with Crippen molar-refractivity contribution >= 4 is 23.2 Å². The molecule has 1 rings (SSSR count). The number of nitrogens with zero attached hydrogens (tertiary/aromatic N) is 1. The predicted molar refractivity (Wildman–Crippen MR) is 51.7 cm³/mol. The lowest BCUT2D eigenvalue weighted by molar-refractivity contribution is 0.0691. The van der Waals surface area contributed by atoms with E-state index in [1.807, 2.05) is 6.92 Å². The average Bonchev–Trinajstić information content (AvgIpc) is 2.62. The molecule has 0 aliphatic rings. The zero-order valence-corrected chi connectivity index (χ0v) is 8.43. The van der Waals surface area contributed by atoms with Crippen LogP contribution in [0.15, 0.2) is 5.38 Å². The van der Waals surface area contributed by atoms with Crippen molar-refractivity contribution < 1.29 is 14.7 Å². The lowest BCUT2D eigenvalue weighted by Gasteiger charge is -1.97. The minimum absolute atomic E-state index is 0.0864. The van der Waals surface area contributed by atoms with Crippen LogP contribution in [0.5, 0.6) is 0 Å². The van der Waals surface area contributed by atoms with Gasteiger partial charge < -0.3 is 10.4 Å². The number of amides is 1. The fourth-order valence-electron chi connectivity index (χ4n) is 0.790. The number of thiazole rings is 1. The lowest BCUT2D eigenvalue weighted by Crippen LogP contribution is -2.23. The third-order valence-corrected chi connectivity index (χ3v) is 2.29. The van der Waals surface area contributed by atoms with Crippen molar-refractivity contribution in [1.82, 2.24) is 10.3 Å². The SMILES string of the molecule is CCCNC(=O)c1nc(C(=O)O)cs1. The number of carboxylic acid groups (broad SMARTS) is 1. The van der Waals surface area contributed by atoms with Crippen LogP contribution < -0.4 is 5.32 Å². The van der Waals surface area contributed by atoms with Crippen LogP contribution >= 0.6 is 11.3 Å². The van der Waals surface area contributed by atoms with Crippen molar-refractivity contribution in [2.45, 2.75) is 13.3 Å². The summed E-state index contributed by atoms with van der Waals surface area (Å²) in [4.78, 5) is 25.4. The number of hydrogen-bond acceptors (Lipinski definition) is 4. The zero-order chi connectivity index (χ0) is 10.6. The van der Waals surface area contributed by atoms with E-state index in [-0.39, 0.29) is 16.6 Å². The Balaban J connectivity index is 2.66. The van der Waals surface area contributed by atoms with Gasteiger partial charge in [0.15, 0.2) is 10.7 Å². The fraction of sp³-hybridized carbons (Fsp3) is 0.375. The first-order valence-electron chi connectivity index (χ1n) is 4.12. The Morgan fingerprint density at radius 1 is 1.64 bits per heavy atom. The fourth-order valence-corrected chi connectivity index (χ4v) is 1.50. The molecule has 76 valence electrons. The molecule has 0 spiro atoms. The summed E-state index contributed by atoms with van der Waals surface area (Å²) in [7, 11) is 0. The molecule has 2 N–H and O–H groups in total. The Kier molecular flexibility index (Phi) is 3.58. The number of carboxylic acids is 1. The lowest BCUT2D eigenvalue weighted by atomic mass is 10.4. The number of aromatic carboxylic acids is 1. The molecule has 0 atom stereocenters. The second-order valence-corrected chi connectivity index (χ2v) is 3.46. The predicted octanol–water partition coefficient (Wildman–Crippen LogP) is 0.981. The van der Waals surface area contributed by atoms with E-state index in [9.17, 15) is 9.59 Å². The van der Waals surface area contributed by atoms with Crippen LogP contribution in [0, 0.1) is 0 Å². The summed E-state index contributed by atoms with van der Waals surface area (Å²) in [6, 6.07) is 0. The standard InChI is InChI=1S/C8H10N2O3S/c1-2-3-9-6(11)7-10-5(4-14-7)8(12)13/h4H,2-3H2,1H3,(H,9,11)(H,12,13). The van der Waals surface area contributed by atoms with Gasteiger partial charge in [-0.1, -0.05) is 6.92 Å². The molecule has 0 saturated heterocycles. The van der Waals surface area contributed by atoms with E-state index in [1.165, 1.54) is 5.38 Å². The second-order valence-electron chi connectivity index (χ2n) is 2.60. The monoisotopic (exact) mass is 214 g/mol. The van der Waals surface area contributed by atoms with Crippen LogP contribution in [-0.2, 0) is 0 Å². The maximum atomic E-state index is 11.3. The third-order valence-electron chi connectivity index (χ3n) is 1.45. The number of hydrogen-bond donors (Lipinski definition) is 2. The Morgan fingerprint density at radius 2 is 2.36 bits per heavy atom. The van der Waals surface area contributed by atoms with E-state index in [0.717, 1.165) is 17.8 Å². The smallest absolute Gasteiger partial charge is 0.355 e. The van der Waals surface area contributed by atoms with Gasteiger partial charge in [0.25, 0.3) is 5.91 Å². The molecule has 0 unspecified atom stereocenters. The van der Waals surface area contributed by atoms with Gasteiger partial charge in [0.1, 0.15) is 0 Å². The first-order valence-corrected chi connectivity index (χ1v) is 5.00. The highest BCUT2D eigenvalue weighted by atomic mass is 32.1. The highest BCUT2D eigenvalue weighted by Crippen LogP contribution is 2.09. The molecule has 6 heteroatoms. The molecule has 0 saturated carbocycles. The number of carbonyl (C=O) groups is 2. The van der Waals surface area contributed by atoms with E-state index in [2.05, 4.69) is 10.3 Å². The summed E-state index contributed by atoms with van der Waals surface area (Å²) in [6.45, 7) is 2.51. The molecule has 0 fully saturated rings. The van der Waals surface area contributed by atoms with Crippen LogP contribution in [0.3, 0.4) is 0 Å². The third kappa shape index (κ3) is 2.53. The van der Waals surface area contributed by atoms with Crippen LogP contribution in [0.4, 0.5) is 0 Å². The minimum atomic E-state index is -1.12. The largest absolute Gasteiger partial charge is 0.476 e. The van der Waals surface area contributed by atoms with Gasteiger partial charge in [0.05, 0.1) is 0 Å². The molecule has 1 heterocycles. The molecule has 14 heavy (non-hydrogen) atoms. The van der Waals surface area contributed by atoms with Gasteiger partial charge >= 0.3 is 5.97 Å². The Labute approximate surface area is 84.8 Å². The van der Waals surface area contributed by atoms with Crippen molar-refractivity contribution in [3.05, 3.63) is 16.1 Å². The van der Waals surface area contributed by atoms with E-state index in [0.29, 0.717) is 6.54 Å². The molecule has 0 aromatic carbocycles. The van der Waals surface area contributed by atoms with Crippen LogP contribution in [0.2, 0.25) is 0 Å². The Hall–Kier alpha value is -1.43. The first-order chi connectivity index (χ1) is 6.65. The Bertz CT molecular complexity index is 348. The minimum Gasteiger partial charge on any atom is -0.476 e. The number of nitrogens with one attached hydrogen (secondary N) is 1. The van der Waals surface area contributed by atoms with Gasteiger partial charge in [-0.25, -0.2) is 9.78 Å². The molecule has 0 aliphatic carbocycles. The molecule has 0 radical (unpaired) electrons. The van der Waals surface area contributed by atoms with Gasteiger partial charge in [-0.2, -0.15) is 0 Å². The zero-order valence-electron chi connectivity index (χ0n) is 7.61. The van der Waals surface area contributed by atoms with E-state index in [4.69, 9.17) is 5.11 Å². The summed E-state index contributed by atoms with van der Waals surface area (Å²) < 4.78 is 0. The van der Waals surface area contributed by atoms with Gasteiger partial charge in [-0.05, 0) is 6.42 Å². The van der Waals surface area contributed by atoms with Crippen LogP contribution in [0.1, 0.15) is 33.6 Å². The first kappa shape index (κ1) is 10.6. The van der Waals surface area contributed by atoms with E-state index >= 15 is 0 Å². The summed E-state index contributed by atoms with van der Waals surface area (Å²) in [6.07, 6.45) is 0.836. The summed E-state index contributed by atoms with van der Waals surface area (Å²) in [5.41, 5.74) is -0.0864. The second kappa shape index (κ2) is 4.71. The molecule has 5 nitrogen and oxygen atoms in total. The Morgan fingerprint density at radius 3 is 2.86 bits per heavy atom. The molecule has 0 bridgehead atoms. The van der Waals surface area contributed by atoms with Crippen LogP contribution in [0.25, 0.3) is 0 Å². The molecular weight excluding hydrogens is 204 g/mol. The van der Waals surface area contributed by atoms with Crippen molar-refractivity contribution in [1.29, 1.82) is 0 Å². The number of carbonyl (C=O) groups excluding carboxylic acids is 1. The van der Waals surface area contributed by atoms with Gasteiger partial charge in [-0.3, -0.25) is 4.79 Å². The molecule has 1 amide bonds.